The van der Waals surface area contributed by atoms with Crippen LogP contribution in [0.25, 0.3) is 10.9 Å². The topological polar surface area (TPSA) is 64.0 Å². The number of alkyl halides is 3. The van der Waals surface area contributed by atoms with Gasteiger partial charge in [0.25, 0.3) is 5.56 Å². The second kappa shape index (κ2) is 7.59. The summed E-state index contributed by atoms with van der Waals surface area (Å²) in [5, 5.41) is -0.0247. The Kier molecular flexibility index (Phi) is 5.37. The summed E-state index contributed by atoms with van der Waals surface area (Å²) in [5.41, 5.74) is 1.58. The molecule has 0 unspecified atom stereocenters. The van der Waals surface area contributed by atoms with Crippen LogP contribution in [0.3, 0.4) is 0 Å². The number of hydrogen-bond donors (Lipinski definition) is 1. The molecule has 0 aliphatic heterocycles. The third-order valence-corrected chi connectivity index (χ3v) is 4.10. The van der Waals surface area contributed by atoms with Crippen molar-refractivity contribution in [2.75, 3.05) is 5.43 Å². The zero-order valence-corrected chi connectivity index (χ0v) is 14.8. The number of aromatic nitrogens is 2. The molecule has 3 aromatic rings. The van der Waals surface area contributed by atoms with Crippen molar-refractivity contribution < 1.29 is 22.4 Å². The van der Waals surface area contributed by atoms with Gasteiger partial charge in [-0.2, -0.15) is 13.2 Å². The quantitative estimate of drug-likeness (QED) is 0.665. The maximum Gasteiger partial charge on any atom is 0.396 e. The second-order valence-electron chi connectivity index (χ2n) is 5.93. The molecule has 0 saturated carbocycles. The third-order valence-electron chi connectivity index (χ3n) is 3.79. The fourth-order valence-corrected chi connectivity index (χ4v) is 2.80. The molecule has 2 aromatic carbocycles. The summed E-state index contributed by atoms with van der Waals surface area (Å²) in [4.78, 5) is 28.7. The van der Waals surface area contributed by atoms with Crippen LogP contribution in [0.1, 0.15) is 11.4 Å². The highest BCUT2D eigenvalue weighted by Gasteiger charge is 2.31. The fourth-order valence-electron chi connectivity index (χ4n) is 2.58. The van der Waals surface area contributed by atoms with Crippen molar-refractivity contribution in [3.8, 4) is 0 Å². The van der Waals surface area contributed by atoms with E-state index < -0.39 is 35.7 Å². The van der Waals surface area contributed by atoms with Crippen molar-refractivity contribution in [2.45, 2.75) is 19.0 Å². The van der Waals surface area contributed by atoms with Crippen molar-refractivity contribution in [2.24, 2.45) is 0 Å². The van der Waals surface area contributed by atoms with E-state index in [0.29, 0.717) is 10.2 Å². The molecule has 0 saturated heterocycles. The van der Waals surface area contributed by atoms with Crippen molar-refractivity contribution in [3.05, 3.63) is 75.0 Å². The van der Waals surface area contributed by atoms with Crippen LogP contribution in [0.15, 0.2) is 47.3 Å². The molecule has 0 spiro atoms. The van der Waals surface area contributed by atoms with E-state index >= 15 is 0 Å². The molecule has 0 aliphatic rings. The largest absolute Gasteiger partial charge is 0.396 e. The molecule has 0 atom stereocenters. The normalized spacial score (nSPS) is 11.6. The number of hydrogen-bond acceptors (Lipinski definition) is 3. The van der Waals surface area contributed by atoms with Crippen molar-refractivity contribution in [3.63, 3.8) is 0 Å². The minimum Gasteiger partial charge on any atom is -0.273 e. The van der Waals surface area contributed by atoms with Gasteiger partial charge in [0.15, 0.2) is 0 Å². The molecule has 146 valence electrons. The van der Waals surface area contributed by atoms with Crippen LogP contribution in [0, 0.1) is 5.82 Å². The van der Waals surface area contributed by atoms with Crippen LogP contribution in [0.4, 0.5) is 17.6 Å². The molecule has 1 amide bonds. The number of carbonyl (C=O) groups excluding carboxylic acids is 1. The van der Waals surface area contributed by atoms with Crippen molar-refractivity contribution in [1.29, 1.82) is 0 Å². The summed E-state index contributed by atoms with van der Waals surface area (Å²) in [5.74, 6) is -1.96. The van der Waals surface area contributed by atoms with Gasteiger partial charge in [0.2, 0.25) is 5.91 Å². The van der Waals surface area contributed by atoms with Crippen molar-refractivity contribution >= 4 is 28.4 Å². The summed E-state index contributed by atoms with van der Waals surface area (Å²) >= 11 is 5.94. The first-order chi connectivity index (χ1) is 13.1. The molecular formula is C18H12ClF4N3O2. The minimum atomic E-state index is -4.67. The number of nitrogens with zero attached hydrogens (tertiary/aromatic N) is 2. The standard InChI is InChI=1S/C18H12ClF4N3O2/c19-13-3-1-2-12-16(13)24-14(9-18(21,22)23)26(17(12)28)25-15(27)8-10-4-6-11(20)7-5-10/h1-7H,8-9H2,(H,25,27). The number of carbonyl (C=O) groups is 1. The number of rotatable bonds is 4. The van der Waals surface area contributed by atoms with Crippen LogP contribution in [-0.2, 0) is 17.6 Å². The third kappa shape index (κ3) is 4.48. The van der Waals surface area contributed by atoms with Gasteiger partial charge in [0, 0.05) is 0 Å². The van der Waals surface area contributed by atoms with Crippen LogP contribution in [0.2, 0.25) is 5.02 Å². The lowest BCUT2D eigenvalue weighted by molar-refractivity contribution is -0.129. The van der Waals surface area contributed by atoms with Gasteiger partial charge >= 0.3 is 6.18 Å². The average molecular weight is 414 g/mol. The van der Waals surface area contributed by atoms with Gasteiger partial charge in [-0.1, -0.05) is 29.8 Å². The number of fused-ring (bicyclic) bond motifs is 1. The van der Waals surface area contributed by atoms with E-state index in [2.05, 4.69) is 10.4 Å². The lowest BCUT2D eigenvalue weighted by Gasteiger charge is -2.16. The van der Waals surface area contributed by atoms with Gasteiger partial charge in [0.1, 0.15) is 18.1 Å². The predicted octanol–water partition coefficient (Wildman–Crippen LogP) is 3.61. The number of benzene rings is 2. The minimum absolute atomic E-state index is 0.0165. The fraction of sp³-hybridized carbons (Fsp3) is 0.167. The maximum atomic E-state index is 12.9. The molecule has 1 N–H and O–H groups in total. The van der Waals surface area contributed by atoms with Crippen molar-refractivity contribution in [1.82, 2.24) is 9.66 Å². The first-order valence-corrected chi connectivity index (χ1v) is 8.33. The molecule has 28 heavy (non-hydrogen) atoms. The van der Waals surface area contributed by atoms with Gasteiger partial charge in [-0.3, -0.25) is 15.0 Å². The van der Waals surface area contributed by atoms with Gasteiger partial charge in [-0.25, -0.2) is 14.1 Å². The summed E-state index contributed by atoms with van der Waals surface area (Å²) in [6.07, 6.45) is -6.48. The summed E-state index contributed by atoms with van der Waals surface area (Å²) in [6.45, 7) is 0. The molecule has 0 fully saturated rings. The Morgan fingerprint density at radius 1 is 1.14 bits per heavy atom. The Hall–Kier alpha value is -2.94. The molecule has 10 heteroatoms. The highest BCUT2D eigenvalue weighted by molar-refractivity contribution is 6.34. The Morgan fingerprint density at radius 2 is 1.82 bits per heavy atom. The number of para-hydroxylation sites is 1. The van der Waals surface area contributed by atoms with Crippen LogP contribution in [0.5, 0.6) is 0 Å². The first kappa shape index (κ1) is 19.8. The molecule has 0 aliphatic carbocycles. The van der Waals surface area contributed by atoms with Crippen LogP contribution in [-0.4, -0.2) is 21.7 Å². The molecule has 5 nitrogen and oxygen atoms in total. The zero-order valence-electron chi connectivity index (χ0n) is 14.1. The molecule has 1 heterocycles. The predicted molar refractivity (Wildman–Crippen MR) is 95.2 cm³/mol. The zero-order chi connectivity index (χ0) is 20.5. The molecule has 0 bridgehead atoms. The monoisotopic (exact) mass is 413 g/mol. The lowest BCUT2D eigenvalue weighted by atomic mass is 10.1. The number of nitrogens with one attached hydrogen (secondary N) is 1. The van der Waals surface area contributed by atoms with Gasteiger partial charge in [-0.15, -0.1) is 0 Å². The summed E-state index contributed by atoms with van der Waals surface area (Å²) < 4.78 is 52.2. The molecule has 3 rings (SSSR count). The first-order valence-electron chi connectivity index (χ1n) is 7.95. The van der Waals surface area contributed by atoms with Crippen LogP contribution < -0.4 is 11.0 Å². The smallest absolute Gasteiger partial charge is 0.273 e. The lowest BCUT2D eigenvalue weighted by Crippen LogP contribution is -2.38. The number of amides is 1. The summed E-state index contributed by atoms with van der Waals surface area (Å²) in [7, 11) is 0. The van der Waals surface area contributed by atoms with E-state index in [-0.39, 0.29) is 22.3 Å². The summed E-state index contributed by atoms with van der Waals surface area (Å²) in [6, 6.07) is 9.18. The van der Waals surface area contributed by atoms with Crippen LogP contribution >= 0.6 is 11.6 Å². The Balaban J connectivity index is 2.01. The van der Waals surface area contributed by atoms with Gasteiger partial charge in [-0.05, 0) is 29.8 Å². The molecule has 0 radical (unpaired) electrons. The maximum absolute atomic E-state index is 12.9. The van der Waals surface area contributed by atoms with Gasteiger partial charge < -0.3 is 0 Å². The van der Waals surface area contributed by atoms with E-state index in [1.54, 1.807) is 0 Å². The van der Waals surface area contributed by atoms with E-state index in [1.165, 1.54) is 30.3 Å². The van der Waals surface area contributed by atoms with E-state index in [9.17, 15) is 27.2 Å². The Morgan fingerprint density at radius 3 is 2.46 bits per heavy atom. The van der Waals surface area contributed by atoms with E-state index in [1.807, 2.05) is 0 Å². The highest BCUT2D eigenvalue weighted by Crippen LogP contribution is 2.23. The molecule has 1 aromatic heterocycles. The Bertz CT molecular complexity index is 1090. The van der Waals surface area contributed by atoms with Gasteiger partial charge in [0.05, 0.1) is 22.3 Å². The van der Waals surface area contributed by atoms with E-state index in [0.717, 1.165) is 12.1 Å². The average Bonchev–Trinajstić information content (AvgIpc) is 2.60. The number of halogens is 5. The van der Waals surface area contributed by atoms with E-state index in [4.69, 9.17) is 11.6 Å². The highest BCUT2D eigenvalue weighted by atomic mass is 35.5. The Labute approximate surface area is 160 Å². The second-order valence-corrected chi connectivity index (χ2v) is 6.34. The molecular weight excluding hydrogens is 402 g/mol. The SMILES string of the molecule is O=C(Cc1ccc(F)cc1)Nn1c(CC(F)(F)F)nc2c(Cl)cccc2c1=O.